The SMILES string of the molecule is CCOC(=O)c1cc(I)cn1C(OCC)OCC. The zero-order chi connectivity index (χ0) is 13.5. The summed E-state index contributed by atoms with van der Waals surface area (Å²) in [6, 6.07) is 1.75. The molecule has 0 bridgehead atoms. The van der Waals surface area contributed by atoms with Crippen molar-refractivity contribution < 1.29 is 19.0 Å². The van der Waals surface area contributed by atoms with Gasteiger partial charge in [0.1, 0.15) is 5.69 Å². The lowest BCUT2D eigenvalue weighted by Gasteiger charge is -2.20. The highest BCUT2D eigenvalue weighted by Gasteiger charge is 2.20. The molecule has 0 unspecified atom stereocenters. The molecule has 1 aromatic heterocycles. The number of esters is 1. The Labute approximate surface area is 121 Å². The van der Waals surface area contributed by atoms with Crippen LogP contribution in [0.15, 0.2) is 12.3 Å². The quantitative estimate of drug-likeness (QED) is 0.423. The van der Waals surface area contributed by atoms with E-state index in [4.69, 9.17) is 14.2 Å². The van der Waals surface area contributed by atoms with E-state index >= 15 is 0 Å². The van der Waals surface area contributed by atoms with Gasteiger partial charge in [-0.15, -0.1) is 0 Å². The summed E-state index contributed by atoms with van der Waals surface area (Å²) in [5.41, 5.74) is 0.438. The first kappa shape index (κ1) is 15.5. The molecule has 0 aliphatic rings. The minimum atomic E-state index is -0.595. The van der Waals surface area contributed by atoms with Crippen LogP contribution in [0, 0.1) is 3.57 Å². The number of ether oxygens (including phenoxy) is 3. The number of halogens is 1. The van der Waals surface area contributed by atoms with Gasteiger partial charge >= 0.3 is 5.97 Å². The van der Waals surface area contributed by atoms with E-state index in [2.05, 4.69) is 22.6 Å². The molecule has 0 radical (unpaired) electrons. The molecular weight excluding hydrogens is 349 g/mol. The van der Waals surface area contributed by atoms with Gasteiger partial charge in [-0.25, -0.2) is 4.79 Å². The summed E-state index contributed by atoms with van der Waals surface area (Å²) in [4.78, 5) is 11.8. The Balaban J connectivity index is 3.00. The van der Waals surface area contributed by atoms with Gasteiger partial charge in [0, 0.05) is 23.0 Å². The summed E-state index contributed by atoms with van der Waals surface area (Å²) in [7, 11) is 0. The average Bonchev–Trinajstić information content (AvgIpc) is 2.71. The van der Waals surface area contributed by atoms with Crippen LogP contribution in [0.1, 0.15) is 37.7 Å². The highest BCUT2D eigenvalue weighted by Crippen LogP contribution is 2.20. The fraction of sp³-hybridized carbons (Fsp3) is 0.583. The van der Waals surface area contributed by atoms with Crippen LogP contribution in [0.5, 0.6) is 0 Å². The second kappa shape index (κ2) is 7.75. The molecule has 0 spiro atoms. The molecule has 102 valence electrons. The van der Waals surface area contributed by atoms with E-state index in [9.17, 15) is 4.79 Å². The van der Waals surface area contributed by atoms with Crippen LogP contribution >= 0.6 is 22.6 Å². The number of aromatic nitrogens is 1. The van der Waals surface area contributed by atoms with E-state index < -0.39 is 6.41 Å². The third kappa shape index (κ3) is 3.96. The zero-order valence-corrected chi connectivity index (χ0v) is 13.0. The molecule has 0 aromatic carbocycles. The second-order valence-electron chi connectivity index (χ2n) is 3.39. The van der Waals surface area contributed by atoms with Gasteiger partial charge in [0.2, 0.25) is 6.41 Å². The van der Waals surface area contributed by atoms with Gasteiger partial charge in [0.05, 0.1) is 6.61 Å². The van der Waals surface area contributed by atoms with E-state index in [1.807, 2.05) is 20.0 Å². The first-order valence-electron chi connectivity index (χ1n) is 5.91. The standard InChI is InChI=1S/C12H18INO4/c1-4-16-11(15)10-7-9(13)8-14(10)12(17-5-2)18-6-3/h7-8,12H,4-6H2,1-3H3. The minimum absolute atomic E-state index is 0.342. The van der Waals surface area contributed by atoms with E-state index in [1.54, 1.807) is 17.6 Å². The number of carbonyl (C=O) groups is 1. The predicted molar refractivity (Wildman–Crippen MR) is 75.4 cm³/mol. The molecule has 18 heavy (non-hydrogen) atoms. The Kier molecular flexibility index (Phi) is 6.66. The number of carbonyl (C=O) groups excluding carboxylic acids is 1. The number of nitrogens with zero attached hydrogens (tertiary/aromatic N) is 1. The van der Waals surface area contributed by atoms with Crippen molar-refractivity contribution in [2.75, 3.05) is 19.8 Å². The monoisotopic (exact) mass is 367 g/mol. The van der Waals surface area contributed by atoms with Crippen LogP contribution in [0.25, 0.3) is 0 Å². The molecule has 0 amide bonds. The number of hydrogen-bond acceptors (Lipinski definition) is 4. The first-order valence-corrected chi connectivity index (χ1v) is 6.99. The molecule has 0 saturated carbocycles. The molecular formula is C12H18INO4. The molecule has 6 heteroatoms. The highest BCUT2D eigenvalue weighted by molar-refractivity contribution is 14.1. The van der Waals surface area contributed by atoms with Crippen LogP contribution < -0.4 is 0 Å². The van der Waals surface area contributed by atoms with Crippen molar-refractivity contribution in [3.8, 4) is 0 Å². The topological polar surface area (TPSA) is 49.7 Å². The van der Waals surface area contributed by atoms with Crippen molar-refractivity contribution in [1.29, 1.82) is 0 Å². The summed E-state index contributed by atoms with van der Waals surface area (Å²) in [6.45, 7) is 6.88. The summed E-state index contributed by atoms with van der Waals surface area (Å²) in [5, 5.41) is 0. The van der Waals surface area contributed by atoms with Crippen LogP contribution in [-0.4, -0.2) is 30.4 Å². The molecule has 0 fully saturated rings. The van der Waals surface area contributed by atoms with Crippen LogP contribution in [0.2, 0.25) is 0 Å². The van der Waals surface area contributed by atoms with Gasteiger partial charge in [-0.2, -0.15) is 0 Å². The fourth-order valence-corrected chi connectivity index (χ4v) is 2.08. The lowest BCUT2D eigenvalue weighted by molar-refractivity contribution is -0.186. The van der Waals surface area contributed by atoms with Crippen LogP contribution in [0.3, 0.4) is 0 Å². The Morgan fingerprint density at radius 2 is 1.89 bits per heavy atom. The van der Waals surface area contributed by atoms with Crippen molar-refractivity contribution >= 4 is 28.6 Å². The van der Waals surface area contributed by atoms with E-state index in [-0.39, 0.29) is 5.97 Å². The van der Waals surface area contributed by atoms with Gasteiger partial charge in [-0.05, 0) is 49.4 Å². The molecule has 0 atom stereocenters. The Hall–Kier alpha value is -0.600. The van der Waals surface area contributed by atoms with Crippen molar-refractivity contribution in [3.63, 3.8) is 0 Å². The average molecular weight is 367 g/mol. The van der Waals surface area contributed by atoms with Gasteiger partial charge in [-0.3, -0.25) is 4.57 Å². The molecule has 5 nitrogen and oxygen atoms in total. The number of hydrogen-bond donors (Lipinski definition) is 0. The Morgan fingerprint density at radius 1 is 1.28 bits per heavy atom. The van der Waals surface area contributed by atoms with Crippen molar-refractivity contribution in [2.24, 2.45) is 0 Å². The maximum Gasteiger partial charge on any atom is 0.355 e. The molecule has 1 aromatic rings. The third-order valence-electron chi connectivity index (χ3n) is 2.15. The molecule has 0 N–H and O–H groups in total. The maximum atomic E-state index is 11.8. The highest BCUT2D eigenvalue weighted by atomic mass is 127. The van der Waals surface area contributed by atoms with Crippen molar-refractivity contribution in [2.45, 2.75) is 27.2 Å². The first-order chi connectivity index (χ1) is 8.63. The minimum Gasteiger partial charge on any atom is -0.461 e. The van der Waals surface area contributed by atoms with Crippen LogP contribution in [0.4, 0.5) is 0 Å². The van der Waals surface area contributed by atoms with Crippen molar-refractivity contribution in [1.82, 2.24) is 4.57 Å². The van der Waals surface area contributed by atoms with Crippen molar-refractivity contribution in [3.05, 3.63) is 21.5 Å². The molecule has 1 heterocycles. The fourth-order valence-electron chi connectivity index (χ4n) is 1.48. The number of rotatable bonds is 7. The smallest absolute Gasteiger partial charge is 0.355 e. The van der Waals surface area contributed by atoms with E-state index in [1.165, 1.54) is 0 Å². The van der Waals surface area contributed by atoms with Gasteiger partial charge in [-0.1, -0.05) is 0 Å². The third-order valence-corrected chi connectivity index (χ3v) is 2.74. The molecule has 0 aliphatic carbocycles. The lowest BCUT2D eigenvalue weighted by Crippen LogP contribution is -2.21. The van der Waals surface area contributed by atoms with Crippen LogP contribution in [-0.2, 0) is 14.2 Å². The molecule has 0 aliphatic heterocycles. The Morgan fingerprint density at radius 3 is 2.39 bits per heavy atom. The predicted octanol–water partition coefficient (Wildman–Crippen LogP) is 2.80. The summed E-state index contributed by atoms with van der Waals surface area (Å²) in [5.74, 6) is -0.371. The summed E-state index contributed by atoms with van der Waals surface area (Å²) < 4.78 is 18.6. The van der Waals surface area contributed by atoms with Gasteiger partial charge < -0.3 is 14.2 Å². The Bertz CT molecular complexity index is 385. The largest absolute Gasteiger partial charge is 0.461 e. The van der Waals surface area contributed by atoms with E-state index in [0.717, 1.165) is 3.57 Å². The second-order valence-corrected chi connectivity index (χ2v) is 4.63. The lowest BCUT2D eigenvalue weighted by atomic mass is 10.4. The zero-order valence-electron chi connectivity index (χ0n) is 10.8. The van der Waals surface area contributed by atoms with Gasteiger partial charge in [0.15, 0.2) is 0 Å². The molecule has 0 saturated heterocycles. The normalized spacial score (nSPS) is 10.9. The summed E-state index contributed by atoms with van der Waals surface area (Å²) in [6.07, 6.45) is 1.21. The summed E-state index contributed by atoms with van der Waals surface area (Å²) >= 11 is 2.14. The maximum absolute atomic E-state index is 11.8. The van der Waals surface area contributed by atoms with E-state index in [0.29, 0.717) is 25.5 Å². The van der Waals surface area contributed by atoms with Gasteiger partial charge in [0.25, 0.3) is 0 Å². The molecule has 1 rings (SSSR count).